The summed E-state index contributed by atoms with van der Waals surface area (Å²) in [6, 6.07) is 5.22. The molecule has 2 aromatic rings. The first kappa shape index (κ1) is 40.9. The topological polar surface area (TPSA) is 54.1 Å². The molecule has 11 rings (SSSR count). The van der Waals surface area contributed by atoms with Gasteiger partial charge in [0, 0.05) is 46.6 Å². The number of ether oxygens (including phenoxy) is 1. The number of benzene rings is 1. The summed E-state index contributed by atoms with van der Waals surface area (Å²) in [6.45, 7) is 4.46. The van der Waals surface area contributed by atoms with Gasteiger partial charge in [-0.25, -0.2) is 9.98 Å². The van der Waals surface area contributed by atoms with Gasteiger partial charge >= 0.3 is 0 Å². The predicted octanol–water partition coefficient (Wildman–Crippen LogP) is 11.5. The molecule has 0 saturated heterocycles. The Hall–Kier alpha value is -5.88. The van der Waals surface area contributed by atoms with Crippen LogP contribution in [-0.4, -0.2) is 46.5 Å². The van der Waals surface area contributed by atoms with Crippen LogP contribution in [0.4, 0.5) is 0 Å². The normalized spacial score (nSPS) is 29.5. The van der Waals surface area contributed by atoms with Crippen LogP contribution in [0.5, 0.6) is 5.75 Å². The lowest BCUT2D eigenvalue weighted by molar-refractivity contribution is 0.158. The summed E-state index contributed by atoms with van der Waals surface area (Å²) in [5.74, 6) is 3.85. The van der Waals surface area contributed by atoms with E-state index >= 15 is 0 Å². The third-order valence-electron chi connectivity index (χ3n) is 15.1. The fraction of sp³-hybridized carbons (Fsp3) is 0.379. The van der Waals surface area contributed by atoms with Crippen molar-refractivity contribution in [1.29, 1.82) is 0 Å². The number of likely N-dealkylation sites (N-methyl/N-ethyl adjacent to an activating group) is 1. The Bertz CT molecular complexity index is 2820. The summed E-state index contributed by atoms with van der Waals surface area (Å²) in [5, 5.41) is 8.00. The SMILES string of the molecule is CC/C=C\C=C(/C)C1=CC(C2=CN(C)C(C3CC=CC4Oc5c(ccc6c5c5c(n6C6C=CC=CC6)=CCCC=5)C43)C(C3N=C(C4CC=CCC4)N=C(C4=CC=CCC4)N3)=C2)=CCC1. The Morgan fingerprint density at radius 1 is 0.891 bits per heavy atom. The molecule has 6 nitrogen and oxygen atoms in total. The van der Waals surface area contributed by atoms with Crippen molar-refractivity contribution in [3.8, 4) is 5.75 Å². The molecular formula is C58H63N5O. The zero-order chi connectivity index (χ0) is 43.1. The van der Waals surface area contributed by atoms with Crippen molar-refractivity contribution >= 4 is 34.7 Å². The third-order valence-corrected chi connectivity index (χ3v) is 15.1. The summed E-state index contributed by atoms with van der Waals surface area (Å²) in [6.07, 6.45) is 58.8. The molecule has 0 bridgehead atoms. The number of aliphatic imine (C=N–C) groups is 2. The predicted molar refractivity (Wildman–Crippen MR) is 267 cm³/mol. The van der Waals surface area contributed by atoms with Crippen LogP contribution in [0.3, 0.4) is 0 Å². The maximum Gasteiger partial charge on any atom is 0.146 e. The Kier molecular flexibility index (Phi) is 11.2. The van der Waals surface area contributed by atoms with Crippen LogP contribution in [0, 0.1) is 11.8 Å². The molecule has 0 saturated carbocycles. The fourth-order valence-corrected chi connectivity index (χ4v) is 11.9. The molecule has 0 radical (unpaired) electrons. The molecule has 0 spiro atoms. The van der Waals surface area contributed by atoms with Crippen molar-refractivity contribution < 1.29 is 4.74 Å². The van der Waals surface area contributed by atoms with E-state index in [0.717, 1.165) is 94.5 Å². The van der Waals surface area contributed by atoms with Crippen molar-refractivity contribution in [2.75, 3.05) is 7.05 Å². The highest BCUT2D eigenvalue weighted by atomic mass is 16.5. The summed E-state index contributed by atoms with van der Waals surface area (Å²) < 4.78 is 9.86. The molecule has 6 aliphatic carbocycles. The van der Waals surface area contributed by atoms with E-state index in [1.165, 1.54) is 60.5 Å². The lowest BCUT2D eigenvalue weighted by atomic mass is 9.70. The van der Waals surface area contributed by atoms with Crippen molar-refractivity contribution in [3.05, 3.63) is 171 Å². The monoisotopic (exact) mass is 846 g/mol. The number of amidine groups is 2. The van der Waals surface area contributed by atoms with E-state index in [1.807, 2.05) is 0 Å². The van der Waals surface area contributed by atoms with E-state index in [4.69, 9.17) is 14.7 Å². The quantitative estimate of drug-likeness (QED) is 0.202. The second-order valence-corrected chi connectivity index (χ2v) is 19.1. The molecule has 1 aromatic carbocycles. The molecule has 326 valence electrons. The lowest BCUT2D eigenvalue weighted by Gasteiger charge is -2.45. The second-order valence-electron chi connectivity index (χ2n) is 19.1. The molecule has 3 aliphatic heterocycles. The molecule has 4 heterocycles. The molecule has 9 aliphatic rings. The summed E-state index contributed by atoms with van der Waals surface area (Å²) in [4.78, 5) is 13.6. The molecule has 1 N–H and O–H groups in total. The molecule has 0 amide bonds. The second kappa shape index (κ2) is 17.6. The van der Waals surface area contributed by atoms with Crippen LogP contribution in [0.15, 0.2) is 165 Å². The van der Waals surface area contributed by atoms with E-state index in [2.05, 4.69) is 169 Å². The smallest absolute Gasteiger partial charge is 0.146 e. The summed E-state index contributed by atoms with van der Waals surface area (Å²) in [5.41, 5.74) is 10.5. The van der Waals surface area contributed by atoms with E-state index in [0.29, 0.717) is 12.0 Å². The van der Waals surface area contributed by atoms with Gasteiger partial charge in [-0.15, -0.1) is 0 Å². The van der Waals surface area contributed by atoms with Gasteiger partial charge in [-0.2, -0.15) is 0 Å². The number of fused-ring (bicyclic) bond motifs is 7. The molecule has 64 heavy (non-hydrogen) atoms. The minimum Gasteiger partial charge on any atom is -0.485 e. The number of aromatic nitrogens is 1. The molecule has 6 heteroatoms. The first-order chi connectivity index (χ1) is 31.5. The maximum absolute atomic E-state index is 7.28. The van der Waals surface area contributed by atoms with Gasteiger partial charge < -0.3 is 19.5 Å². The van der Waals surface area contributed by atoms with Gasteiger partial charge in [0.15, 0.2) is 0 Å². The Morgan fingerprint density at radius 2 is 1.83 bits per heavy atom. The van der Waals surface area contributed by atoms with Crippen LogP contribution in [0.2, 0.25) is 0 Å². The van der Waals surface area contributed by atoms with Crippen molar-refractivity contribution in [2.45, 2.75) is 121 Å². The molecule has 7 unspecified atom stereocenters. The van der Waals surface area contributed by atoms with Crippen LogP contribution < -0.4 is 20.6 Å². The largest absolute Gasteiger partial charge is 0.485 e. The zero-order valence-corrected chi connectivity index (χ0v) is 37.9. The van der Waals surface area contributed by atoms with Crippen molar-refractivity contribution in [3.63, 3.8) is 0 Å². The number of hydrogen-bond donors (Lipinski definition) is 1. The van der Waals surface area contributed by atoms with Crippen LogP contribution >= 0.6 is 0 Å². The third kappa shape index (κ3) is 7.47. The standard InChI is InChI=1S/C58H63N5O/c1-4-5-9-20-38(2)41-25-18-26-42(35-41)43-36-48(58-60-56(39-21-10-6-11-22-39)59-57(61-58)40-23-12-7-13-24-40)54(62(3)37-43)46-30-19-32-51-52(46)47-33-34-50-53(55(47)64-51)45-29-16-17-31-49(45)63(50)44-27-14-8-15-28-44/h5-10,12,14-15,19-21,26-27,29,31-37,40,44,46,51-52,54,58H,4,11,13,16-18,22-25,28,30H2,1-3H3,(H,59,60,61)/b9-5-,38-20+. The first-order valence-corrected chi connectivity index (χ1v) is 24.4. The van der Waals surface area contributed by atoms with Crippen LogP contribution in [0.1, 0.15) is 108 Å². The minimum atomic E-state index is -0.248. The van der Waals surface area contributed by atoms with Gasteiger partial charge in [0.05, 0.1) is 17.6 Å². The van der Waals surface area contributed by atoms with Gasteiger partial charge in [0.25, 0.3) is 0 Å². The highest BCUT2D eigenvalue weighted by Gasteiger charge is 2.48. The highest BCUT2D eigenvalue weighted by molar-refractivity contribution is 6.08. The summed E-state index contributed by atoms with van der Waals surface area (Å²) in [7, 11) is 2.32. The molecular weight excluding hydrogens is 783 g/mol. The number of rotatable bonds is 9. The van der Waals surface area contributed by atoms with Gasteiger partial charge in [-0.1, -0.05) is 116 Å². The Labute approximate surface area is 379 Å². The number of nitrogens with one attached hydrogen (secondary N) is 1. The average Bonchev–Trinajstić information content (AvgIpc) is 3.91. The van der Waals surface area contributed by atoms with Crippen molar-refractivity contribution in [1.82, 2.24) is 14.8 Å². The number of allylic oxidation sites excluding steroid dienone is 20. The van der Waals surface area contributed by atoms with E-state index in [-0.39, 0.29) is 30.1 Å². The fourth-order valence-electron chi connectivity index (χ4n) is 11.9. The van der Waals surface area contributed by atoms with Crippen LogP contribution in [-0.2, 0) is 0 Å². The van der Waals surface area contributed by atoms with Gasteiger partial charge in [0.1, 0.15) is 29.7 Å². The molecule has 0 fully saturated rings. The maximum atomic E-state index is 7.28. The zero-order valence-electron chi connectivity index (χ0n) is 37.9. The van der Waals surface area contributed by atoms with E-state index in [1.54, 1.807) is 0 Å². The average molecular weight is 846 g/mol. The van der Waals surface area contributed by atoms with Gasteiger partial charge in [-0.3, -0.25) is 0 Å². The number of nitrogens with zero attached hydrogens (tertiary/aromatic N) is 4. The van der Waals surface area contributed by atoms with Crippen LogP contribution in [0.25, 0.3) is 23.1 Å². The van der Waals surface area contributed by atoms with Gasteiger partial charge in [-0.05, 0) is 142 Å². The lowest BCUT2D eigenvalue weighted by Crippen LogP contribution is -2.51. The number of hydrogen-bond acceptors (Lipinski definition) is 5. The molecule has 7 atom stereocenters. The first-order valence-electron chi connectivity index (χ1n) is 24.4. The van der Waals surface area contributed by atoms with E-state index in [9.17, 15) is 0 Å². The Balaban J connectivity index is 1.03. The molecule has 1 aromatic heterocycles. The van der Waals surface area contributed by atoms with E-state index < -0.39 is 0 Å². The highest BCUT2D eigenvalue weighted by Crippen LogP contribution is 2.52. The van der Waals surface area contributed by atoms with Gasteiger partial charge in [0.2, 0.25) is 0 Å². The minimum absolute atomic E-state index is 0.0322. The summed E-state index contributed by atoms with van der Waals surface area (Å²) >= 11 is 0. The van der Waals surface area contributed by atoms with Crippen molar-refractivity contribution in [2.24, 2.45) is 21.8 Å². The Morgan fingerprint density at radius 3 is 2.67 bits per heavy atom.